The van der Waals surface area contributed by atoms with Crippen molar-refractivity contribution in [2.24, 2.45) is 0 Å². The topological polar surface area (TPSA) is 69.6 Å². The lowest BCUT2D eigenvalue weighted by atomic mass is 10.3. The van der Waals surface area contributed by atoms with Gasteiger partial charge in [-0.05, 0) is 6.92 Å². The zero-order valence-electron chi connectivity index (χ0n) is 7.48. The second kappa shape index (κ2) is 3.26. The average molecular weight is 210 g/mol. The first kappa shape index (κ1) is 8.96. The first-order valence-electron chi connectivity index (χ1n) is 3.96. The molecule has 0 aliphatic rings. The Morgan fingerprint density at radius 3 is 2.86 bits per heavy atom. The summed E-state index contributed by atoms with van der Waals surface area (Å²) in [5.41, 5.74) is 6.27. The normalized spacial score (nSPS) is 10.4. The summed E-state index contributed by atoms with van der Waals surface area (Å²) in [7, 11) is 0. The van der Waals surface area contributed by atoms with Crippen LogP contribution in [0.25, 0.3) is 5.82 Å². The third kappa shape index (κ3) is 1.42. The molecule has 0 radical (unpaired) electrons. The maximum absolute atomic E-state index is 5.87. The van der Waals surface area contributed by atoms with Gasteiger partial charge in [-0.3, -0.25) is 4.57 Å². The first-order valence-corrected chi connectivity index (χ1v) is 4.34. The molecule has 2 heterocycles. The summed E-state index contributed by atoms with van der Waals surface area (Å²) in [4.78, 5) is 11.8. The van der Waals surface area contributed by atoms with Crippen molar-refractivity contribution in [3.05, 3.63) is 29.4 Å². The summed E-state index contributed by atoms with van der Waals surface area (Å²) < 4.78 is 1.74. The Hall–Kier alpha value is -1.62. The number of aromatic nitrogens is 4. The van der Waals surface area contributed by atoms with Crippen LogP contribution in [0.3, 0.4) is 0 Å². The number of hydrogen-bond acceptors (Lipinski definition) is 4. The highest BCUT2D eigenvalue weighted by molar-refractivity contribution is 6.30. The SMILES string of the molecule is Cc1c(Cl)nc(N)nc1-n1ccnc1. The molecule has 0 atom stereocenters. The van der Waals surface area contributed by atoms with Crippen molar-refractivity contribution < 1.29 is 0 Å². The lowest BCUT2D eigenvalue weighted by Gasteiger charge is -2.06. The van der Waals surface area contributed by atoms with Crippen LogP contribution in [0.1, 0.15) is 5.56 Å². The second-order valence-electron chi connectivity index (χ2n) is 2.79. The molecule has 2 aromatic rings. The molecule has 14 heavy (non-hydrogen) atoms. The lowest BCUT2D eigenvalue weighted by Crippen LogP contribution is -2.04. The summed E-state index contributed by atoms with van der Waals surface area (Å²) in [6, 6.07) is 0. The minimum atomic E-state index is 0.157. The van der Waals surface area contributed by atoms with Crippen molar-refractivity contribution in [1.29, 1.82) is 0 Å². The lowest BCUT2D eigenvalue weighted by molar-refractivity contribution is 0.958. The zero-order chi connectivity index (χ0) is 10.1. The van der Waals surface area contributed by atoms with Gasteiger partial charge in [0, 0.05) is 18.0 Å². The van der Waals surface area contributed by atoms with Gasteiger partial charge in [0.05, 0.1) is 0 Å². The Bertz CT molecular complexity index is 451. The van der Waals surface area contributed by atoms with Crippen LogP contribution < -0.4 is 5.73 Å². The maximum atomic E-state index is 5.87. The van der Waals surface area contributed by atoms with E-state index in [0.29, 0.717) is 11.0 Å². The van der Waals surface area contributed by atoms with Gasteiger partial charge in [-0.2, -0.15) is 4.98 Å². The molecular weight excluding hydrogens is 202 g/mol. The van der Waals surface area contributed by atoms with Gasteiger partial charge in [-0.1, -0.05) is 11.6 Å². The number of nitrogens with two attached hydrogens (primary N) is 1. The van der Waals surface area contributed by atoms with E-state index in [-0.39, 0.29) is 5.95 Å². The monoisotopic (exact) mass is 209 g/mol. The summed E-state index contributed by atoms with van der Waals surface area (Å²) in [6.07, 6.45) is 5.06. The summed E-state index contributed by atoms with van der Waals surface area (Å²) >= 11 is 5.87. The fourth-order valence-electron chi connectivity index (χ4n) is 1.13. The molecule has 0 spiro atoms. The Morgan fingerprint density at radius 2 is 2.21 bits per heavy atom. The van der Waals surface area contributed by atoms with Gasteiger partial charge in [-0.25, -0.2) is 9.97 Å². The van der Waals surface area contributed by atoms with Crippen LogP contribution in [-0.2, 0) is 0 Å². The second-order valence-corrected chi connectivity index (χ2v) is 3.15. The molecule has 6 heteroatoms. The molecule has 0 aliphatic carbocycles. The van der Waals surface area contributed by atoms with Crippen LogP contribution in [0.15, 0.2) is 18.7 Å². The molecule has 0 aromatic carbocycles. The van der Waals surface area contributed by atoms with Crippen LogP contribution in [0.2, 0.25) is 5.15 Å². The van der Waals surface area contributed by atoms with Crippen LogP contribution in [0.4, 0.5) is 5.95 Å². The van der Waals surface area contributed by atoms with Crippen molar-refractivity contribution in [3.63, 3.8) is 0 Å². The Balaban J connectivity index is 2.64. The molecule has 0 unspecified atom stereocenters. The van der Waals surface area contributed by atoms with Crippen molar-refractivity contribution in [3.8, 4) is 5.82 Å². The molecule has 0 aliphatic heterocycles. The van der Waals surface area contributed by atoms with E-state index < -0.39 is 0 Å². The average Bonchev–Trinajstić information content (AvgIpc) is 2.63. The quantitative estimate of drug-likeness (QED) is 0.717. The number of rotatable bonds is 1. The molecular formula is C8H8ClN5. The van der Waals surface area contributed by atoms with Gasteiger partial charge in [0.15, 0.2) is 0 Å². The van der Waals surface area contributed by atoms with Crippen LogP contribution >= 0.6 is 11.6 Å². The molecule has 0 saturated carbocycles. The number of imidazole rings is 1. The number of hydrogen-bond donors (Lipinski definition) is 1. The Morgan fingerprint density at radius 1 is 1.43 bits per heavy atom. The highest BCUT2D eigenvalue weighted by atomic mass is 35.5. The summed E-state index contributed by atoms with van der Waals surface area (Å²) in [6.45, 7) is 1.83. The third-order valence-corrected chi connectivity index (χ3v) is 2.19. The predicted octanol–water partition coefficient (Wildman–Crippen LogP) is 1.21. The summed E-state index contributed by atoms with van der Waals surface area (Å²) in [5, 5.41) is 0.362. The number of nitrogen functional groups attached to an aromatic ring is 1. The maximum Gasteiger partial charge on any atom is 0.223 e. The van der Waals surface area contributed by atoms with E-state index >= 15 is 0 Å². The molecule has 0 bridgehead atoms. The van der Waals surface area contributed by atoms with Crippen molar-refractivity contribution >= 4 is 17.5 Å². The highest BCUT2D eigenvalue weighted by Crippen LogP contribution is 2.19. The third-order valence-electron chi connectivity index (χ3n) is 1.83. The minimum Gasteiger partial charge on any atom is -0.368 e. The van der Waals surface area contributed by atoms with Crippen LogP contribution in [0, 0.1) is 6.92 Å². The van der Waals surface area contributed by atoms with Gasteiger partial charge in [0.1, 0.15) is 17.3 Å². The van der Waals surface area contributed by atoms with E-state index in [4.69, 9.17) is 17.3 Å². The molecule has 0 amide bonds. The number of anilines is 1. The summed E-state index contributed by atoms with van der Waals surface area (Å²) in [5.74, 6) is 0.810. The van der Waals surface area contributed by atoms with E-state index in [0.717, 1.165) is 5.56 Å². The molecule has 0 fully saturated rings. The first-order chi connectivity index (χ1) is 6.68. The van der Waals surface area contributed by atoms with Crippen molar-refractivity contribution in [2.45, 2.75) is 6.92 Å². The fourth-order valence-corrected chi connectivity index (χ4v) is 1.30. The number of halogens is 1. The van der Waals surface area contributed by atoms with Crippen molar-refractivity contribution in [1.82, 2.24) is 19.5 Å². The molecule has 2 aromatic heterocycles. The van der Waals surface area contributed by atoms with Crippen LogP contribution in [0.5, 0.6) is 0 Å². The van der Waals surface area contributed by atoms with Gasteiger partial charge < -0.3 is 5.73 Å². The van der Waals surface area contributed by atoms with E-state index in [1.807, 2.05) is 6.92 Å². The van der Waals surface area contributed by atoms with E-state index in [2.05, 4.69) is 15.0 Å². The molecule has 5 nitrogen and oxygen atoms in total. The zero-order valence-corrected chi connectivity index (χ0v) is 8.23. The van der Waals surface area contributed by atoms with E-state index in [1.165, 1.54) is 0 Å². The van der Waals surface area contributed by atoms with Gasteiger partial charge in [0.2, 0.25) is 5.95 Å². The van der Waals surface area contributed by atoms with Gasteiger partial charge >= 0.3 is 0 Å². The van der Waals surface area contributed by atoms with E-state index in [1.54, 1.807) is 23.3 Å². The molecule has 2 rings (SSSR count). The largest absolute Gasteiger partial charge is 0.368 e. The minimum absolute atomic E-state index is 0.157. The predicted molar refractivity (Wildman–Crippen MR) is 53.3 cm³/mol. The molecule has 72 valence electrons. The van der Waals surface area contributed by atoms with Crippen LogP contribution in [-0.4, -0.2) is 19.5 Å². The smallest absolute Gasteiger partial charge is 0.223 e. The molecule has 2 N–H and O–H groups in total. The Kier molecular flexibility index (Phi) is 2.09. The Labute approximate surface area is 85.6 Å². The standard InChI is InChI=1S/C8H8ClN5/c1-5-6(9)12-8(10)13-7(5)14-3-2-11-4-14/h2-4H,1H3,(H2,10,12,13). The number of nitrogens with zero attached hydrogens (tertiary/aromatic N) is 4. The van der Waals surface area contributed by atoms with Gasteiger partial charge in [0.25, 0.3) is 0 Å². The fraction of sp³-hybridized carbons (Fsp3) is 0.125. The van der Waals surface area contributed by atoms with Gasteiger partial charge in [-0.15, -0.1) is 0 Å². The molecule has 0 saturated heterocycles. The van der Waals surface area contributed by atoms with Crippen molar-refractivity contribution in [2.75, 3.05) is 5.73 Å². The highest BCUT2D eigenvalue weighted by Gasteiger charge is 2.08. The van der Waals surface area contributed by atoms with E-state index in [9.17, 15) is 0 Å².